The van der Waals surface area contributed by atoms with Crippen LogP contribution >= 0.6 is 0 Å². The zero-order chi connectivity index (χ0) is 17.0. The van der Waals surface area contributed by atoms with E-state index in [-0.39, 0.29) is 11.4 Å². The van der Waals surface area contributed by atoms with Gasteiger partial charge in [0.25, 0.3) is 5.91 Å². The molecule has 23 heavy (non-hydrogen) atoms. The van der Waals surface area contributed by atoms with Gasteiger partial charge in [0.1, 0.15) is 11.8 Å². The highest BCUT2D eigenvalue weighted by molar-refractivity contribution is 6.07. The van der Waals surface area contributed by atoms with Crippen molar-refractivity contribution in [3.63, 3.8) is 0 Å². The highest BCUT2D eigenvalue weighted by Crippen LogP contribution is 2.38. The predicted molar refractivity (Wildman–Crippen MR) is 86.8 cm³/mol. The van der Waals surface area contributed by atoms with Crippen molar-refractivity contribution < 1.29 is 19.1 Å². The second-order valence-corrected chi connectivity index (χ2v) is 6.11. The maximum absolute atomic E-state index is 12.5. The molecule has 1 amide bonds. The number of ketones is 1. The third-order valence-corrected chi connectivity index (χ3v) is 4.49. The molecule has 5 heteroatoms. The van der Waals surface area contributed by atoms with Crippen molar-refractivity contribution in [1.29, 1.82) is 0 Å². The molecule has 0 aromatic carbocycles. The Morgan fingerprint density at radius 1 is 1.43 bits per heavy atom. The summed E-state index contributed by atoms with van der Waals surface area (Å²) in [5.74, 6) is -0.370. The van der Waals surface area contributed by atoms with Gasteiger partial charge in [0.05, 0.1) is 11.8 Å². The highest BCUT2D eigenvalue weighted by Gasteiger charge is 2.44. The van der Waals surface area contributed by atoms with E-state index >= 15 is 0 Å². The molecule has 1 N–H and O–H groups in total. The molecule has 0 saturated carbocycles. The Bertz CT molecular complexity index is 588. The fourth-order valence-electron chi connectivity index (χ4n) is 3.14. The summed E-state index contributed by atoms with van der Waals surface area (Å²) < 4.78 is 5.43. The maximum atomic E-state index is 12.5. The largest absolute Gasteiger partial charge is 0.503 e. The van der Waals surface area contributed by atoms with Crippen LogP contribution in [0.25, 0.3) is 0 Å². The first-order chi connectivity index (χ1) is 11.0. The summed E-state index contributed by atoms with van der Waals surface area (Å²) in [6, 6.07) is 2.84. The van der Waals surface area contributed by atoms with E-state index in [4.69, 9.17) is 4.42 Å². The summed E-state index contributed by atoms with van der Waals surface area (Å²) >= 11 is 0. The van der Waals surface area contributed by atoms with Gasteiger partial charge < -0.3 is 14.4 Å². The van der Waals surface area contributed by atoms with Crippen molar-refractivity contribution >= 4 is 11.7 Å². The Hall–Kier alpha value is -2.04. The second kappa shape index (κ2) is 7.49. The Labute approximate surface area is 137 Å². The smallest absolute Gasteiger partial charge is 0.290 e. The number of nitrogens with zero attached hydrogens (tertiary/aromatic N) is 1. The molecular weight excluding hydrogens is 294 g/mol. The summed E-state index contributed by atoms with van der Waals surface area (Å²) in [6.07, 6.45) is 5.70. The topological polar surface area (TPSA) is 70.8 Å². The van der Waals surface area contributed by atoms with Crippen LogP contribution in [0.1, 0.15) is 58.3 Å². The van der Waals surface area contributed by atoms with Crippen LogP contribution in [0.5, 0.6) is 0 Å². The standard InChI is InChI=1S/C18H25NO4/c1-4-6-8-13(5-2)11-19-16(14-9-7-10-23-14)15(12(3)20)17(21)18(19)22/h7,9-10,13,16,21H,4-6,8,11H2,1-3H3/t13-,16+/m0/s1. The first kappa shape index (κ1) is 17.3. The molecular formula is C18H25NO4. The lowest BCUT2D eigenvalue weighted by molar-refractivity contribution is -0.130. The van der Waals surface area contributed by atoms with Gasteiger partial charge >= 0.3 is 0 Å². The number of carbonyl (C=O) groups excluding carboxylic acids is 2. The molecule has 2 atom stereocenters. The monoisotopic (exact) mass is 319 g/mol. The van der Waals surface area contributed by atoms with E-state index < -0.39 is 17.7 Å². The third kappa shape index (κ3) is 3.49. The van der Waals surface area contributed by atoms with Gasteiger partial charge in [-0.05, 0) is 31.4 Å². The van der Waals surface area contributed by atoms with Crippen molar-refractivity contribution in [1.82, 2.24) is 4.90 Å². The maximum Gasteiger partial charge on any atom is 0.290 e. The lowest BCUT2D eigenvalue weighted by Gasteiger charge is -2.28. The van der Waals surface area contributed by atoms with Gasteiger partial charge in [0, 0.05) is 6.54 Å². The molecule has 0 spiro atoms. The number of hydrogen-bond donors (Lipinski definition) is 1. The normalized spacial score (nSPS) is 19.5. The van der Waals surface area contributed by atoms with E-state index in [0.29, 0.717) is 18.2 Å². The van der Waals surface area contributed by atoms with Crippen LogP contribution in [-0.4, -0.2) is 28.2 Å². The third-order valence-electron chi connectivity index (χ3n) is 4.49. The Morgan fingerprint density at radius 2 is 2.17 bits per heavy atom. The number of rotatable bonds is 8. The van der Waals surface area contributed by atoms with Crippen molar-refractivity contribution in [3.8, 4) is 0 Å². The minimum Gasteiger partial charge on any atom is -0.503 e. The molecule has 5 nitrogen and oxygen atoms in total. The summed E-state index contributed by atoms with van der Waals surface area (Å²) in [7, 11) is 0. The van der Waals surface area contributed by atoms with Crippen molar-refractivity contribution in [2.45, 2.75) is 52.5 Å². The van der Waals surface area contributed by atoms with Crippen LogP contribution in [0.2, 0.25) is 0 Å². The Morgan fingerprint density at radius 3 is 2.70 bits per heavy atom. The number of aliphatic hydroxyl groups excluding tert-OH is 1. The van der Waals surface area contributed by atoms with Crippen LogP contribution < -0.4 is 0 Å². The molecule has 0 fully saturated rings. The first-order valence-electron chi connectivity index (χ1n) is 8.29. The quantitative estimate of drug-likeness (QED) is 0.791. The lowest BCUT2D eigenvalue weighted by atomic mass is 9.97. The fraction of sp³-hybridized carbons (Fsp3) is 0.556. The second-order valence-electron chi connectivity index (χ2n) is 6.11. The van der Waals surface area contributed by atoms with Crippen LogP contribution in [-0.2, 0) is 9.59 Å². The number of furan rings is 1. The molecule has 0 unspecified atom stereocenters. The van der Waals surface area contributed by atoms with Crippen LogP contribution in [0.15, 0.2) is 34.1 Å². The molecule has 1 aromatic heterocycles. The number of carbonyl (C=O) groups is 2. The van der Waals surface area contributed by atoms with Crippen LogP contribution in [0.3, 0.4) is 0 Å². The fourth-order valence-corrected chi connectivity index (χ4v) is 3.14. The summed E-state index contributed by atoms with van der Waals surface area (Å²) in [5.41, 5.74) is 0.135. The van der Waals surface area contributed by atoms with Crippen molar-refractivity contribution in [3.05, 3.63) is 35.5 Å². The molecule has 2 rings (SSSR count). The number of hydrogen-bond acceptors (Lipinski definition) is 4. The summed E-state index contributed by atoms with van der Waals surface area (Å²) in [4.78, 5) is 26.0. The van der Waals surface area contributed by atoms with Gasteiger partial charge in [-0.3, -0.25) is 9.59 Å². The van der Waals surface area contributed by atoms with Gasteiger partial charge in [-0.2, -0.15) is 0 Å². The molecule has 0 bridgehead atoms. The zero-order valence-electron chi connectivity index (χ0n) is 14.0. The molecule has 1 aliphatic rings. The Kier molecular flexibility index (Phi) is 5.64. The van der Waals surface area contributed by atoms with Gasteiger partial charge in [0.15, 0.2) is 11.5 Å². The lowest BCUT2D eigenvalue weighted by Crippen LogP contribution is -2.35. The van der Waals surface area contributed by atoms with E-state index in [9.17, 15) is 14.7 Å². The summed E-state index contributed by atoms with van der Waals surface area (Å²) in [5, 5.41) is 10.2. The Balaban J connectivity index is 2.30. The van der Waals surface area contributed by atoms with Crippen molar-refractivity contribution in [2.24, 2.45) is 5.92 Å². The zero-order valence-corrected chi connectivity index (χ0v) is 14.0. The van der Waals surface area contributed by atoms with Crippen LogP contribution in [0, 0.1) is 5.92 Å². The number of Topliss-reactive ketones (excluding diaryl/α,β-unsaturated/α-hetero) is 1. The average molecular weight is 319 g/mol. The van der Waals surface area contributed by atoms with E-state index in [2.05, 4.69) is 13.8 Å². The van der Waals surface area contributed by atoms with Gasteiger partial charge in [-0.15, -0.1) is 0 Å². The first-order valence-corrected chi connectivity index (χ1v) is 8.29. The SMILES string of the molecule is CCCC[C@H](CC)CN1C(=O)C(O)=C(C(C)=O)[C@H]1c1ccco1. The number of unbranched alkanes of at least 4 members (excludes halogenated alkanes) is 1. The molecule has 126 valence electrons. The van der Waals surface area contributed by atoms with Crippen LogP contribution in [0.4, 0.5) is 0 Å². The van der Waals surface area contributed by atoms with E-state index in [1.54, 1.807) is 17.0 Å². The van der Waals surface area contributed by atoms with E-state index in [0.717, 1.165) is 25.7 Å². The molecule has 2 heterocycles. The molecule has 1 aliphatic heterocycles. The minimum absolute atomic E-state index is 0.135. The van der Waals surface area contributed by atoms with E-state index in [1.165, 1.54) is 13.2 Å². The predicted octanol–water partition coefficient (Wildman–Crippen LogP) is 3.78. The number of amides is 1. The summed E-state index contributed by atoms with van der Waals surface area (Å²) in [6.45, 7) is 6.12. The molecule has 0 radical (unpaired) electrons. The van der Waals surface area contributed by atoms with E-state index in [1.807, 2.05) is 0 Å². The van der Waals surface area contributed by atoms with Gasteiger partial charge in [0.2, 0.25) is 0 Å². The molecule has 1 aromatic rings. The van der Waals surface area contributed by atoms with Crippen molar-refractivity contribution in [2.75, 3.05) is 6.54 Å². The highest BCUT2D eigenvalue weighted by atomic mass is 16.3. The minimum atomic E-state index is -0.620. The molecule has 0 aliphatic carbocycles. The molecule has 0 saturated heterocycles. The van der Waals surface area contributed by atoms with Gasteiger partial charge in [-0.1, -0.05) is 33.1 Å². The number of aliphatic hydroxyl groups is 1. The average Bonchev–Trinajstić information content (AvgIpc) is 3.12. The van der Waals surface area contributed by atoms with Gasteiger partial charge in [-0.25, -0.2) is 0 Å².